The average molecular weight is 284 g/mol. The van der Waals surface area contributed by atoms with Crippen LogP contribution >= 0.6 is 23.6 Å². The van der Waals surface area contributed by atoms with Crippen LogP contribution < -0.4 is 11.1 Å². The Morgan fingerprint density at radius 2 is 2.22 bits per heavy atom. The quantitative estimate of drug-likeness (QED) is 0.805. The van der Waals surface area contributed by atoms with Crippen LogP contribution in [0.2, 0.25) is 0 Å². The number of nitrogens with two attached hydrogens (primary N) is 1. The summed E-state index contributed by atoms with van der Waals surface area (Å²) in [5.74, 6) is 0.371. The number of hydrogen-bond donors (Lipinski definition) is 2. The van der Waals surface area contributed by atoms with E-state index in [4.69, 9.17) is 18.0 Å². The van der Waals surface area contributed by atoms with Gasteiger partial charge in [-0.05, 0) is 18.8 Å². The molecular weight excluding hydrogens is 268 g/mol. The maximum absolute atomic E-state index is 12.0. The highest BCUT2D eigenvalue weighted by atomic mass is 32.1. The molecule has 1 aromatic rings. The van der Waals surface area contributed by atoms with Crippen LogP contribution in [0.15, 0.2) is 0 Å². The van der Waals surface area contributed by atoms with E-state index in [2.05, 4.69) is 29.4 Å². The lowest BCUT2D eigenvalue weighted by molar-refractivity contribution is -0.118. The molecular formula is C11H16N4OS2. The van der Waals surface area contributed by atoms with Crippen molar-refractivity contribution in [2.24, 2.45) is 17.1 Å². The maximum atomic E-state index is 12.0. The Morgan fingerprint density at radius 3 is 2.72 bits per heavy atom. The van der Waals surface area contributed by atoms with Crippen LogP contribution in [0.1, 0.15) is 31.7 Å². The highest BCUT2D eigenvalue weighted by Crippen LogP contribution is 2.46. The molecule has 0 radical (unpaired) electrons. The molecule has 0 unspecified atom stereocenters. The van der Waals surface area contributed by atoms with Gasteiger partial charge in [0.1, 0.15) is 5.01 Å². The van der Waals surface area contributed by atoms with E-state index in [1.807, 2.05) is 0 Å². The lowest BCUT2D eigenvalue weighted by Gasteiger charge is -2.11. The van der Waals surface area contributed by atoms with Gasteiger partial charge in [0.25, 0.3) is 0 Å². The van der Waals surface area contributed by atoms with Crippen LogP contribution in [0.3, 0.4) is 0 Å². The second-order valence-electron chi connectivity index (χ2n) is 5.00. The van der Waals surface area contributed by atoms with E-state index in [1.54, 1.807) is 0 Å². The molecule has 0 saturated heterocycles. The van der Waals surface area contributed by atoms with Gasteiger partial charge in [-0.3, -0.25) is 10.1 Å². The first-order chi connectivity index (χ1) is 8.44. The van der Waals surface area contributed by atoms with Crippen LogP contribution in [0, 0.1) is 11.3 Å². The van der Waals surface area contributed by atoms with Gasteiger partial charge in [0.05, 0.1) is 10.4 Å². The molecule has 5 nitrogen and oxygen atoms in total. The van der Waals surface area contributed by atoms with Crippen LogP contribution in [0.5, 0.6) is 0 Å². The SMILES string of the molecule is CC(C)Cc1nnc(NC(=O)C2(C(N)=S)CC2)s1. The minimum Gasteiger partial charge on any atom is -0.392 e. The standard InChI is InChI=1S/C11H16N4OS2/c1-6(2)5-7-14-15-10(18-7)13-9(16)11(3-4-11)8(12)17/h6H,3-5H2,1-2H3,(H2,12,17)(H,13,15,16). The third kappa shape index (κ3) is 2.67. The smallest absolute Gasteiger partial charge is 0.239 e. The second-order valence-corrected chi connectivity index (χ2v) is 6.50. The van der Waals surface area contributed by atoms with Crippen molar-refractivity contribution in [3.8, 4) is 0 Å². The van der Waals surface area contributed by atoms with Crippen LogP contribution in [0.4, 0.5) is 5.13 Å². The molecule has 18 heavy (non-hydrogen) atoms. The van der Waals surface area contributed by atoms with Gasteiger partial charge in [-0.1, -0.05) is 37.4 Å². The van der Waals surface area contributed by atoms with Crippen molar-refractivity contribution < 1.29 is 4.79 Å². The van der Waals surface area contributed by atoms with Gasteiger partial charge in [0.15, 0.2) is 0 Å². The van der Waals surface area contributed by atoms with Crippen molar-refractivity contribution in [2.45, 2.75) is 33.1 Å². The molecule has 1 aliphatic rings. The van der Waals surface area contributed by atoms with E-state index in [0.717, 1.165) is 24.3 Å². The molecule has 1 amide bonds. The molecule has 1 aliphatic carbocycles. The molecule has 3 N–H and O–H groups in total. The monoisotopic (exact) mass is 284 g/mol. The van der Waals surface area contributed by atoms with E-state index in [0.29, 0.717) is 11.0 Å². The third-order valence-corrected chi connectivity index (χ3v) is 4.18. The van der Waals surface area contributed by atoms with Gasteiger partial charge in [0.2, 0.25) is 11.0 Å². The van der Waals surface area contributed by atoms with Gasteiger partial charge in [-0.25, -0.2) is 0 Å². The molecule has 0 aromatic carbocycles. The van der Waals surface area contributed by atoms with Crippen LogP contribution in [0.25, 0.3) is 0 Å². The molecule has 1 heterocycles. The number of carbonyl (C=O) groups excluding carboxylic acids is 1. The lowest BCUT2D eigenvalue weighted by atomic mass is 10.1. The molecule has 1 fully saturated rings. The van der Waals surface area contributed by atoms with E-state index in [1.165, 1.54) is 11.3 Å². The maximum Gasteiger partial charge on any atom is 0.239 e. The summed E-state index contributed by atoms with van der Waals surface area (Å²) in [5.41, 5.74) is 4.96. The number of anilines is 1. The van der Waals surface area contributed by atoms with Gasteiger partial charge in [0, 0.05) is 6.42 Å². The summed E-state index contributed by atoms with van der Waals surface area (Å²) in [6, 6.07) is 0. The molecule has 0 aliphatic heterocycles. The highest BCUT2D eigenvalue weighted by molar-refractivity contribution is 7.80. The van der Waals surface area contributed by atoms with Crippen molar-refractivity contribution in [3.05, 3.63) is 5.01 Å². The number of rotatable bonds is 5. The average Bonchev–Trinajstić information content (AvgIpc) is 2.97. The zero-order valence-electron chi connectivity index (χ0n) is 10.4. The number of nitrogens with one attached hydrogen (secondary N) is 1. The van der Waals surface area contributed by atoms with E-state index in [9.17, 15) is 4.79 Å². The first kappa shape index (κ1) is 13.4. The fourth-order valence-corrected chi connectivity index (χ4v) is 2.91. The Morgan fingerprint density at radius 1 is 1.56 bits per heavy atom. The van der Waals surface area contributed by atoms with Crippen molar-refractivity contribution >= 4 is 39.6 Å². The van der Waals surface area contributed by atoms with Crippen molar-refractivity contribution in [2.75, 3.05) is 5.32 Å². The number of nitrogens with zero attached hydrogens (tertiary/aromatic N) is 2. The Bertz CT molecular complexity index is 479. The minimum absolute atomic E-state index is 0.151. The van der Waals surface area contributed by atoms with Gasteiger partial charge >= 0.3 is 0 Å². The summed E-state index contributed by atoms with van der Waals surface area (Å²) >= 11 is 6.34. The number of thiocarbonyl (C=S) groups is 1. The predicted molar refractivity (Wildman–Crippen MR) is 75.5 cm³/mol. The van der Waals surface area contributed by atoms with Crippen LogP contribution in [-0.4, -0.2) is 21.1 Å². The summed E-state index contributed by atoms with van der Waals surface area (Å²) in [4.78, 5) is 12.3. The van der Waals surface area contributed by atoms with E-state index in [-0.39, 0.29) is 10.9 Å². The van der Waals surface area contributed by atoms with Gasteiger partial charge in [-0.15, -0.1) is 10.2 Å². The van der Waals surface area contributed by atoms with Gasteiger partial charge < -0.3 is 5.73 Å². The Labute approximate surface area is 115 Å². The number of hydrogen-bond acceptors (Lipinski definition) is 5. The number of aromatic nitrogens is 2. The third-order valence-electron chi connectivity index (χ3n) is 2.93. The molecule has 0 spiro atoms. The predicted octanol–water partition coefficient (Wildman–Crippen LogP) is 1.74. The molecule has 7 heteroatoms. The molecule has 1 saturated carbocycles. The minimum atomic E-state index is -0.640. The fraction of sp³-hybridized carbons (Fsp3) is 0.636. The molecule has 2 rings (SSSR count). The molecule has 0 bridgehead atoms. The number of amides is 1. The highest BCUT2D eigenvalue weighted by Gasteiger charge is 2.53. The summed E-state index contributed by atoms with van der Waals surface area (Å²) in [6.45, 7) is 4.23. The first-order valence-corrected chi connectivity index (χ1v) is 7.10. The molecule has 98 valence electrons. The van der Waals surface area contributed by atoms with E-state index < -0.39 is 5.41 Å². The Balaban J connectivity index is 2.00. The van der Waals surface area contributed by atoms with Crippen LogP contribution in [-0.2, 0) is 11.2 Å². The summed E-state index contributed by atoms with van der Waals surface area (Å²) < 4.78 is 0. The Kier molecular flexibility index (Phi) is 3.63. The summed E-state index contributed by atoms with van der Waals surface area (Å²) in [5, 5.41) is 12.2. The topological polar surface area (TPSA) is 80.9 Å². The second kappa shape index (κ2) is 4.89. The normalized spacial score (nSPS) is 16.6. The van der Waals surface area contributed by atoms with Crippen molar-refractivity contribution in [3.63, 3.8) is 0 Å². The number of carbonyl (C=O) groups is 1. The largest absolute Gasteiger partial charge is 0.392 e. The molecule has 1 aromatic heterocycles. The lowest BCUT2D eigenvalue weighted by Crippen LogP contribution is -2.34. The zero-order valence-corrected chi connectivity index (χ0v) is 12.0. The summed E-state index contributed by atoms with van der Waals surface area (Å²) in [6.07, 6.45) is 2.33. The van der Waals surface area contributed by atoms with E-state index >= 15 is 0 Å². The van der Waals surface area contributed by atoms with Gasteiger partial charge in [-0.2, -0.15) is 0 Å². The fourth-order valence-electron chi connectivity index (χ4n) is 1.66. The Hall–Kier alpha value is -1.08. The first-order valence-electron chi connectivity index (χ1n) is 5.88. The molecule has 0 atom stereocenters. The van der Waals surface area contributed by atoms with Crippen molar-refractivity contribution in [1.29, 1.82) is 0 Å². The zero-order chi connectivity index (χ0) is 13.3. The summed E-state index contributed by atoms with van der Waals surface area (Å²) in [7, 11) is 0. The van der Waals surface area contributed by atoms with Crippen molar-refractivity contribution in [1.82, 2.24) is 10.2 Å².